The fourth-order valence-electron chi connectivity index (χ4n) is 2.61. The van der Waals surface area contributed by atoms with Gasteiger partial charge in [-0.3, -0.25) is 14.2 Å². The minimum absolute atomic E-state index is 0.0927. The summed E-state index contributed by atoms with van der Waals surface area (Å²) in [6.07, 6.45) is 6.47. The van der Waals surface area contributed by atoms with Crippen LogP contribution in [0, 0.1) is 11.7 Å². The van der Waals surface area contributed by atoms with E-state index in [0.29, 0.717) is 18.2 Å². The first-order valence-electron chi connectivity index (χ1n) is 7.26. The van der Waals surface area contributed by atoms with E-state index in [1.165, 1.54) is 36.4 Å². The maximum atomic E-state index is 13.7. The van der Waals surface area contributed by atoms with Crippen molar-refractivity contribution >= 4 is 0 Å². The van der Waals surface area contributed by atoms with E-state index in [1.807, 2.05) is 0 Å². The Morgan fingerprint density at radius 3 is 2.59 bits per heavy atom. The summed E-state index contributed by atoms with van der Waals surface area (Å²) in [5.74, 6) is -0.00736. The Labute approximate surface area is 126 Å². The molecule has 22 heavy (non-hydrogen) atoms. The number of aromatic nitrogens is 2. The van der Waals surface area contributed by atoms with E-state index in [9.17, 15) is 14.0 Å². The van der Waals surface area contributed by atoms with Crippen molar-refractivity contribution in [1.29, 1.82) is 0 Å². The molecule has 0 atom stereocenters. The molecular formula is C16H17FN2O3. The summed E-state index contributed by atoms with van der Waals surface area (Å²) in [4.78, 5) is 24.4. The number of hydrogen-bond donors (Lipinski definition) is 0. The number of hydrogen-bond acceptors (Lipinski definition) is 3. The molecule has 0 saturated heterocycles. The summed E-state index contributed by atoms with van der Waals surface area (Å²) in [5.41, 5.74) is -0.951. The molecule has 0 spiro atoms. The van der Waals surface area contributed by atoms with Gasteiger partial charge in [-0.25, -0.2) is 4.39 Å². The third-order valence-electron chi connectivity index (χ3n) is 4.15. The molecule has 0 N–H and O–H groups in total. The molecule has 1 aromatic heterocycles. The van der Waals surface area contributed by atoms with Crippen LogP contribution in [0.4, 0.5) is 4.39 Å². The largest absolute Gasteiger partial charge is 0.494 e. The second-order valence-electron chi connectivity index (χ2n) is 5.55. The quantitative estimate of drug-likeness (QED) is 0.811. The summed E-state index contributed by atoms with van der Waals surface area (Å²) < 4.78 is 21.2. The smallest absolute Gasteiger partial charge is 0.320 e. The third kappa shape index (κ3) is 2.56. The van der Waals surface area contributed by atoms with Crippen LogP contribution in [-0.4, -0.2) is 16.2 Å². The average molecular weight is 304 g/mol. The Morgan fingerprint density at radius 2 is 2.00 bits per heavy atom. The first-order chi connectivity index (χ1) is 10.6. The molecule has 5 nitrogen and oxygen atoms in total. The minimum Gasteiger partial charge on any atom is -0.494 e. The topological polar surface area (TPSA) is 53.2 Å². The lowest BCUT2D eigenvalue weighted by Crippen LogP contribution is -2.41. The molecule has 0 bridgehead atoms. The molecule has 2 aromatic rings. The molecule has 0 amide bonds. The first kappa shape index (κ1) is 14.6. The van der Waals surface area contributed by atoms with Gasteiger partial charge in [-0.2, -0.15) is 0 Å². The number of halogens is 1. The second kappa shape index (κ2) is 5.79. The lowest BCUT2D eigenvalue weighted by molar-refractivity contribution is 0.272. The van der Waals surface area contributed by atoms with Gasteiger partial charge in [0.1, 0.15) is 0 Å². The molecule has 1 heterocycles. The maximum Gasteiger partial charge on any atom is 0.320 e. The third-order valence-corrected chi connectivity index (χ3v) is 4.15. The molecule has 0 aliphatic heterocycles. The maximum absolute atomic E-state index is 13.7. The van der Waals surface area contributed by atoms with Crippen LogP contribution in [-0.2, 0) is 6.54 Å². The monoisotopic (exact) mass is 304 g/mol. The molecule has 1 aliphatic carbocycles. The van der Waals surface area contributed by atoms with Gasteiger partial charge in [0, 0.05) is 25.0 Å². The van der Waals surface area contributed by atoms with E-state index in [0.717, 1.165) is 17.4 Å². The lowest BCUT2D eigenvalue weighted by Gasteiger charge is -2.25. The van der Waals surface area contributed by atoms with Crippen molar-refractivity contribution in [2.75, 3.05) is 7.11 Å². The van der Waals surface area contributed by atoms with Gasteiger partial charge in [0.2, 0.25) is 0 Å². The lowest BCUT2D eigenvalue weighted by atomic mass is 9.85. The van der Waals surface area contributed by atoms with Crippen molar-refractivity contribution < 1.29 is 9.13 Å². The van der Waals surface area contributed by atoms with Crippen LogP contribution >= 0.6 is 0 Å². The van der Waals surface area contributed by atoms with Gasteiger partial charge >= 0.3 is 11.1 Å². The number of rotatable bonds is 4. The molecule has 1 fully saturated rings. The van der Waals surface area contributed by atoms with Crippen molar-refractivity contribution in [3.05, 3.63) is 57.1 Å². The fourth-order valence-corrected chi connectivity index (χ4v) is 2.61. The highest BCUT2D eigenvalue weighted by Crippen LogP contribution is 2.27. The Balaban J connectivity index is 1.98. The summed E-state index contributed by atoms with van der Waals surface area (Å²) in [6, 6.07) is 4.14. The van der Waals surface area contributed by atoms with Crippen LogP contribution in [0.15, 0.2) is 40.2 Å². The molecule has 1 saturated carbocycles. The fraction of sp³-hybridized carbons (Fsp3) is 0.375. The van der Waals surface area contributed by atoms with Crippen LogP contribution in [0.1, 0.15) is 19.3 Å². The molecule has 0 unspecified atom stereocenters. The zero-order valence-corrected chi connectivity index (χ0v) is 12.3. The molecule has 1 aromatic carbocycles. The normalized spacial score (nSPS) is 14.6. The molecule has 6 heteroatoms. The summed E-state index contributed by atoms with van der Waals surface area (Å²) >= 11 is 0. The minimum atomic E-state index is -0.675. The standard InChI is InChI=1S/C16H17FN2O3/c1-22-14-6-5-12(9-13(14)17)19-8-7-18(15(20)16(19)21)10-11-3-2-4-11/h5-9,11H,2-4,10H2,1H3. The van der Waals surface area contributed by atoms with Gasteiger partial charge in [0.15, 0.2) is 11.6 Å². The Kier molecular flexibility index (Phi) is 3.83. The first-order valence-corrected chi connectivity index (χ1v) is 7.26. The molecule has 116 valence electrons. The highest BCUT2D eigenvalue weighted by Gasteiger charge is 2.19. The van der Waals surface area contributed by atoms with Gasteiger partial charge < -0.3 is 9.30 Å². The predicted molar refractivity (Wildman–Crippen MR) is 80.2 cm³/mol. The zero-order chi connectivity index (χ0) is 15.7. The highest BCUT2D eigenvalue weighted by molar-refractivity contribution is 5.38. The van der Waals surface area contributed by atoms with E-state index in [2.05, 4.69) is 0 Å². The Morgan fingerprint density at radius 1 is 1.23 bits per heavy atom. The summed E-state index contributed by atoms with van der Waals surface area (Å²) in [6.45, 7) is 0.575. The van der Waals surface area contributed by atoms with Gasteiger partial charge in [0.25, 0.3) is 0 Å². The SMILES string of the molecule is COc1ccc(-n2ccn(CC3CCC3)c(=O)c2=O)cc1F. The van der Waals surface area contributed by atoms with E-state index in [1.54, 1.807) is 12.3 Å². The number of benzene rings is 1. The van der Waals surface area contributed by atoms with Gasteiger partial charge in [-0.1, -0.05) is 6.42 Å². The van der Waals surface area contributed by atoms with E-state index in [-0.39, 0.29) is 5.75 Å². The number of ether oxygens (including phenoxy) is 1. The van der Waals surface area contributed by atoms with Crippen LogP contribution in [0.5, 0.6) is 5.75 Å². The van der Waals surface area contributed by atoms with Crippen molar-refractivity contribution in [3.63, 3.8) is 0 Å². The van der Waals surface area contributed by atoms with Crippen molar-refractivity contribution in [2.45, 2.75) is 25.8 Å². The van der Waals surface area contributed by atoms with Crippen molar-refractivity contribution in [2.24, 2.45) is 5.92 Å². The van der Waals surface area contributed by atoms with Crippen LogP contribution < -0.4 is 15.9 Å². The zero-order valence-electron chi connectivity index (χ0n) is 12.3. The van der Waals surface area contributed by atoms with Crippen molar-refractivity contribution in [1.82, 2.24) is 9.13 Å². The van der Waals surface area contributed by atoms with E-state index in [4.69, 9.17) is 4.74 Å². The predicted octanol–water partition coefficient (Wildman–Crippen LogP) is 1.95. The Hall–Kier alpha value is -2.37. The highest BCUT2D eigenvalue weighted by atomic mass is 19.1. The molecule has 1 aliphatic rings. The van der Waals surface area contributed by atoms with Gasteiger partial charge in [0.05, 0.1) is 12.8 Å². The van der Waals surface area contributed by atoms with E-state index >= 15 is 0 Å². The second-order valence-corrected chi connectivity index (χ2v) is 5.55. The Bertz CT molecular complexity index is 806. The van der Waals surface area contributed by atoms with Crippen LogP contribution in [0.2, 0.25) is 0 Å². The van der Waals surface area contributed by atoms with Gasteiger partial charge in [-0.15, -0.1) is 0 Å². The molecule has 0 radical (unpaired) electrons. The van der Waals surface area contributed by atoms with Crippen LogP contribution in [0.25, 0.3) is 5.69 Å². The van der Waals surface area contributed by atoms with Gasteiger partial charge in [-0.05, 0) is 30.9 Å². The number of nitrogens with zero attached hydrogens (tertiary/aromatic N) is 2. The molecule has 3 rings (SSSR count). The van der Waals surface area contributed by atoms with Crippen LogP contribution in [0.3, 0.4) is 0 Å². The summed E-state index contributed by atoms with van der Waals surface area (Å²) in [7, 11) is 1.37. The van der Waals surface area contributed by atoms with Crippen molar-refractivity contribution in [3.8, 4) is 11.4 Å². The van der Waals surface area contributed by atoms with E-state index < -0.39 is 16.9 Å². The summed E-state index contributed by atoms with van der Waals surface area (Å²) in [5, 5.41) is 0. The average Bonchev–Trinajstić information content (AvgIpc) is 2.47. The molecular weight excluding hydrogens is 287 g/mol. The number of methoxy groups -OCH3 is 1.